The number of esters is 1. The average molecular weight is 438 g/mol. The van der Waals surface area contributed by atoms with Gasteiger partial charge in [-0.2, -0.15) is 0 Å². The number of halogens is 1. The van der Waals surface area contributed by atoms with Crippen molar-refractivity contribution in [2.24, 2.45) is 5.92 Å². The van der Waals surface area contributed by atoms with Gasteiger partial charge in [0.1, 0.15) is 11.8 Å². The first-order chi connectivity index (χ1) is 12.4. The van der Waals surface area contributed by atoms with Crippen molar-refractivity contribution < 1.29 is 14.3 Å². The lowest BCUT2D eigenvalue weighted by atomic mass is 10.0. The molecule has 0 aliphatic carbocycles. The van der Waals surface area contributed by atoms with Gasteiger partial charge in [0.2, 0.25) is 0 Å². The fraction of sp³-hybridized carbons (Fsp3) is 0.350. The zero-order valence-corrected chi connectivity index (χ0v) is 17.8. The summed E-state index contributed by atoms with van der Waals surface area (Å²) in [6.45, 7) is 4.17. The van der Waals surface area contributed by atoms with E-state index < -0.39 is 0 Å². The molecule has 26 heavy (non-hydrogen) atoms. The second-order valence-electron chi connectivity index (χ2n) is 6.30. The summed E-state index contributed by atoms with van der Waals surface area (Å²) in [7, 11) is 3.08. The Labute approximate surface area is 167 Å². The van der Waals surface area contributed by atoms with Gasteiger partial charge in [-0.25, -0.2) is 4.79 Å². The van der Waals surface area contributed by atoms with Crippen molar-refractivity contribution >= 4 is 39.3 Å². The van der Waals surface area contributed by atoms with Crippen LogP contribution in [0.2, 0.25) is 0 Å². The van der Waals surface area contributed by atoms with Gasteiger partial charge in [0, 0.05) is 20.0 Å². The second-order valence-corrected chi connectivity index (χ2v) is 8.37. The van der Waals surface area contributed by atoms with Crippen molar-refractivity contribution in [3.8, 4) is 5.75 Å². The zero-order valence-electron chi connectivity index (χ0n) is 15.4. The number of nitrogens with one attached hydrogen (secondary N) is 1. The number of hydrogen-bond donors (Lipinski definition) is 1. The van der Waals surface area contributed by atoms with Crippen LogP contribution >= 0.6 is 27.7 Å². The van der Waals surface area contributed by atoms with Gasteiger partial charge >= 0.3 is 5.97 Å². The number of benzene rings is 2. The van der Waals surface area contributed by atoms with Gasteiger partial charge < -0.3 is 14.8 Å². The van der Waals surface area contributed by atoms with Crippen LogP contribution in [0.25, 0.3) is 0 Å². The Kier molecular flexibility index (Phi) is 7.85. The predicted molar refractivity (Wildman–Crippen MR) is 110 cm³/mol. The molecule has 6 heteroatoms. The SMILES string of the molecule is COC(=O)[C@H](CC(C)C)Nc1cc(Br)cc(Sc2ccc(OC)cc2)c1. The first kappa shape index (κ1) is 20.6. The monoisotopic (exact) mass is 437 g/mol. The predicted octanol–water partition coefficient (Wildman–Crippen LogP) is 5.61. The van der Waals surface area contributed by atoms with Crippen LogP contribution in [0.15, 0.2) is 56.7 Å². The Bertz CT molecular complexity index is 734. The standard InChI is InChI=1S/C20H24BrNO3S/c1-13(2)9-19(20(23)25-4)22-15-10-14(21)11-18(12-15)26-17-7-5-16(24-3)6-8-17/h5-8,10-13,19,22H,9H2,1-4H3/t19-/m0/s1. The van der Waals surface area contributed by atoms with E-state index in [1.807, 2.05) is 36.4 Å². The average Bonchev–Trinajstić information content (AvgIpc) is 2.60. The molecule has 0 spiro atoms. The number of carbonyl (C=O) groups is 1. The molecule has 0 unspecified atom stereocenters. The summed E-state index contributed by atoms with van der Waals surface area (Å²) < 4.78 is 11.1. The molecule has 0 aliphatic rings. The topological polar surface area (TPSA) is 47.6 Å². The van der Waals surface area contributed by atoms with Crippen LogP contribution in [0.3, 0.4) is 0 Å². The Morgan fingerprint density at radius 2 is 1.81 bits per heavy atom. The highest BCUT2D eigenvalue weighted by Crippen LogP contribution is 2.33. The third-order valence-electron chi connectivity index (χ3n) is 3.70. The first-order valence-electron chi connectivity index (χ1n) is 8.38. The highest BCUT2D eigenvalue weighted by molar-refractivity contribution is 9.10. The quantitative estimate of drug-likeness (QED) is 0.543. The molecule has 2 aromatic rings. The minimum Gasteiger partial charge on any atom is -0.497 e. The highest BCUT2D eigenvalue weighted by Gasteiger charge is 2.20. The molecule has 2 rings (SSSR count). The van der Waals surface area contributed by atoms with Crippen LogP contribution in [0, 0.1) is 5.92 Å². The number of rotatable bonds is 8. The van der Waals surface area contributed by atoms with E-state index in [0.29, 0.717) is 12.3 Å². The fourth-order valence-corrected chi connectivity index (χ4v) is 4.07. The molecule has 0 saturated heterocycles. The molecular formula is C20H24BrNO3S. The maximum Gasteiger partial charge on any atom is 0.328 e. The molecule has 140 valence electrons. The lowest BCUT2D eigenvalue weighted by Gasteiger charge is -2.20. The van der Waals surface area contributed by atoms with Crippen molar-refractivity contribution in [2.75, 3.05) is 19.5 Å². The Morgan fingerprint density at radius 1 is 1.12 bits per heavy atom. The molecule has 0 heterocycles. The summed E-state index contributed by atoms with van der Waals surface area (Å²) >= 11 is 5.20. The van der Waals surface area contributed by atoms with Crippen LogP contribution < -0.4 is 10.1 Å². The molecular weight excluding hydrogens is 414 g/mol. The Balaban J connectivity index is 2.17. The second kappa shape index (κ2) is 9.88. The summed E-state index contributed by atoms with van der Waals surface area (Å²) in [5, 5.41) is 3.31. The van der Waals surface area contributed by atoms with Gasteiger partial charge in [0.05, 0.1) is 14.2 Å². The van der Waals surface area contributed by atoms with Crippen LogP contribution in [0.1, 0.15) is 20.3 Å². The minimum absolute atomic E-state index is 0.247. The van der Waals surface area contributed by atoms with Gasteiger partial charge in [0.15, 0.2) is 0 Å². The molecule has 0 fully saturated rings. The maximum absolute atomic E-state index is 12.1. The lowest BCUT2D eigenvalue weighted by molar-refractivity contribution is -0.141. The van der Waals surface area contributed by atoms with Crippen molar-refractivity contribution in [1.29, 1.82) is 0 Å². The number of anilines is 1. The van der Waals surface area contributed by atoms with Crippen LogP contribution in [0.4, 0.5) is 5.69 Å². The zero-order chi connectivity index (χ0) is 19.1. The van der Waals surface area contributed by atoms with E-state index in [-0.39, 0.29) is 12.0 Å². The molecule has 0 aromatic heterocycles. The van der Waals surface area contributed by atoms with Crippen molar-refractivity contribution in [1.82, 2.24) is 0 Å². The van der Waals surface area contributed by atoms with Gasteiger partial charge in [-0.15, -0.1) is 0 Å². The molecule has 0 bridgehead atoms. The third kappa shape index (κ3) is 6.25. The van der Waals surface area contributed by atoms with Crippen molar-refractivity contribution in [2.45, 2.75) is 36.1 Å². The summed E-state index contributed by atoms with van der Waals surface area (Å²) in [6.07, 6.45) is 0.708. The van der Waals surface area contributed by atoms with E-state index in [2.05, 4.69) is 41.2 Å². The summed E-state index contributed by atoms with van der Waals surface area (Å²) in [5.74, 6) is 0.968. The Hall–Kier alpha value is -1.66. The molecule has 4 nitrogen and oxygen atoms in total. The molecule has 0 saturated carbocycles. The van der Waals surface area contributed by atoms with Crippen molar-refractivity contribution in [3.63, 3.8) is 0 Å². The molecule has 1 N–H and O–H groups in total. The number of hydrogen-bond acceptors (Lipinski definition) is 5. The third-order valence-corrected chi connectivity index (χ3v) is 5.14. The van der Waals surface area contributed by atoms with Gasteiger partial charge in [0.25, 0.3) is 0 Å². The number of carbonyl (C=O) groups excluding carboxylic acids is 1. The smallest absolute Gasteiger partial charge is 0.328 e. The Morgan fingerprint density at radius 3 is 2.38 bits per heavy atom. The van der Waals surface area contributed by atoms with Gasteiger partial charge in [-0.1, -0.05) is 41.5 Å². The first-order valence-corrected chi connectivity index (χ1v) is 9.99. The summed E-state index contributed by atoms with van der Waals surface area (Å²) in [6, 6.07) is 13.6. The van der Waals surface area contributed by atoms with E-state index in [1.165, 1.54) is 7.11 Å². The van der Waals surface area contributed by atoms with E-state index in [9.17, 15) is 4.79 Å². The lowest BCUT2D eigenvalue weighted by Crippen LogP contribution is -2.32. The van der Waals surface area contributed by atoms with E-state index in [1.54, 1.807) is 18.9 Å². The van der Waals surface area contributed by atoms with Crippen LogP contribution in [-0.2, 0) is 9.53 Å². The normalized spacial score (nSPS) is 11.9. The molecule has 0 aliphatic heterocycles. The summed E-state index contributed by atoms with van der Waals surface area (Å²) in [4.78, 5) is 14.2. The van der Waals surface area contributed by atoms with Gasteiger partial charge in [-0.05, 0) is 54.8 Å². The minimum atomic E-state index is -0.367. The van der Waals surface area contributed by atoms with E-state index >= 15 is 0 Å². The fourth-order valence-electron chi connectivity index (χ4n) is 2.51. The van der Waals surface area contributed by atoms with E-state index in [4.69, 9.17) is 9.47 Å². The molecule has 2 aromatic carbocycles. The van der Waals surface area contributed by atoms with E-state index in [0.717, 1.165) is 25.7 Å². The summed E-state index contributed by atoms with van der Waals surface area (Å²) in [5.41, 5.74) is 0.881. The number of methoxy groups -OCH3 is 2. The molecule has 1 atom stereocenters. The maximum atomic E-state index is 12.1. The van der Waals surface area contributed by atoms with Crippen LogP contribution in [0.5, 0.6) is 5.75 Å². The molecule has 0 amide bonds. The largest absolute Gasteiger partial charge is 0.497 e. The number of ether oxygens (including phenoxy) is 2. The van der Waals surface area contributed by atoms with Gasteiger partial charge in [-0.3, -0.25) is 0 Å². The molecule has 0 radical (unpaired) electrons. The van der Waals surface area contributed by atoms with Crippen LogP contribution in [-0.4, -0.2) is 26.2 Å². The van der Waals surface area contributed by atoms with Crippen molar-refractivity contribution in [3.05, 3.63) is 46.9 Å². The highest BCUT2D eigenvalue weighted by atomic mass is 79.9.